The lowest BCUT2D eigenvalue weighted by Gasteiger charge is -2.30. The third kappa shape index (κ3) is 4.47. The zero-order valence-electron chi connectivity index (χ0n) is 21.2. The van der Waals surface area contributed by atoms with Crippen LogP contribution in [0.4, 0.5) is 0 Å². The lowest BCUT2D eigenvalue weighted by Crippen LogP contribution is -2.35. The molecule has 5 heteroatoms. The van der Waals surface area contributed by atoms with Gasteiger partial charge in [0, 0.05) is 73.8 Å². The summed E-state index contributed by atoms with van der Waals surface area (Å²) < 4.78 is 8.23. The van der Waals surface area contributed by atoms with Crippen LogP contribution in [-0.4, -0.2) is 41.5 Å². The van der Waals surface area contributed by atoms with Crippen LogP contribution in [0.5, 0.6) is 5.75 Å². The average Bonchev–Trinajstić information content (AvgIpc) is 3.52. The van der Waals surface area contributed by atoms with E-state index in [0.29, 0.717) is 12.6 Å². The highest BCUT2D eigenvalue weighted by atomic mass is 16.5. The first-order chi connectivity index (χ1) is 17.2. The van der Waals surface area contributed by atoms with Gasteiger partial charge >= 0.3 is 0 Å². The van der Waals surface area contributed by atoms with E-state index in [0.717, 1.165) is 57.2 Å². The van der Waals surface area contributed by atoms with E-state index in [1.807, 2.05) is 6.92 Å². The zero-order chi connectivity index (χ0) is 23.8. The Balaban J connectivity index is 1.38. The fraction of sp³-hybridized carbons (Fsp3) is 0.500. The Kier molecular flexibility index (Phi) is 6.28. The molecule has 0 N–H and O–H groups in total. The van der Waals surface area contributed by atoms with Crippen LogP contribution >= 0.6 is 0 Å². The molecule has 183 valence electrons. The molecule has 3 aromatic rings. The second kappa shape index (κ2) is 9.69. The van der Waals surface area contributed by atoms with Gasteiger partial charge in [0.1, 0.15) is 5.75 Å². The van der Waals surface area contributed by atoms with Crippen molar-refractivity contribution in [2.24, 2.45) is 10.9 Å². The molecule has 5 nitrogen and oxygen atoms in total. The van der Waals surface area contributed by atoms with Crippen molar-refractivity contribution in [3.63, 3.8) is 0 Å². The molecule has 1 radical (unpaired) electrons. The monoisotopic (exact) mass is 469 g/mol. The molecule has 3 aliphatic rings. The van der Waals surface area contributed by atoms with Gasteiger partial charge in [0.15, 0.2) is 0 Å². The van der Waals surface area contributed by atoms with Gasteiger partial charge in [-0.2, -0.15) is 0 Å². The summed E-state index contributed by atoms with van der Waals surface area (Å²) in [6, 6.07) is 16.1. The maximum absolute atomic E-state index is 5.66. The summed E-state index contributed by atoms with van der Waals surface area (Å²) in [4.78, 5) is 7.36. The molecule has 35 heavy (non-hydrogen) atoms. The Morgan fingerprint density at radius 2 is 1.94 bits per heavy atom. The molecular weight excluding hydrogens is 432 g/mol. The van der Waals surface area contributed by atoms with Crippen molar-refractivity contribution in [2.75, 3.05) is 26.2 Å². The average molecular weight is 470 g/mol. The first-order valence-corrected chi connectivity index (χ1v) is 13.5. The Bertz CT molecular complexity index is 1230. The van der Waals surface area contributed by atoms with E-state index in [1.165, 1.54) is 58.4 Å². The SMILES string of the molecule is CCOc1ccc(Cn2c3c(c4cc(C5CC(C)CC[N]5)ccc42)CN(C2=NCCC2)CC3)cc1. The normalized spacial score (nSPS) is 22.3. The predicted octanol–water partition coefficient (Wildman–Crippen LogP) is 5.71. The van der Waals surface area contributed by atoms with Crippen LogP contribution in [0.15, 0.2) is 47.5 Å². The number of aliphatic imine (C=N–C) groups is 1. The maximum Gasteiger partial charge on any atom is 0.119 e. The first-order valence-electron chi connectivity index (χ1n) is 13.5. The molecule has 2 aromatic carbocycles. The molecule has 1 fully saturated rings. The van der Waals surface area contributed by atoms with Crippen molar-refractivity contribution < 1.29 is 4.74 Å². The fourth-order valence-corrected chi connectivity index (χ4v) is 6.16. The zero-order valence-corrected chi connectivity index (χ0v) is 21.2. The molecule has 2 unspecified atom stereocenters. The molecule has 2 atom stereocenters. The van der Waals surface area contributed by atoms with E-state index in [4.69, 9.17) is 15.0 Å². The summed E-state index contributed by atoms with van der Waals surface area (Å²) in [5.41, 5.74) is 7.05. The lowest BCUT2D eigenvalue weighted by atomic mass is 9.89. The highest BCUT2D eigenvalue weighted by Crippen LogP contribution is 2.36. The van der Waals surface area contributed by atoms with E-state index in [-0.39, 0.29) is 0 Å². The standard InChI is InChI=1S/C30H37N4O/c1-3-35-24-9-6-22(7-10-24)19-34-28-11-8-23(27-17-21(2)12-15-31-27)18-25(28)26-20-33(16-13-29(26)34)30-5-4-14-32-30/h6-11,18,21,27H,3-5,12-17,19-20H2,1-2H3. The molecule has 4 heterocycles. The van der Waals surface area contributed by atoms with E-state index < -0.39 is 0 Å². The minimum Gasteiger partial charge on any atom is -0.494 e. The molecule has 3 aliphatic heterocycles. The first kappa shape index (κ1) is 22.7. The number of fused-ring (bicyclic) bond motifs is 3. The van der Waals surface area contributed by atoms with Gasteiger partial charge in [-0.1, -0.05) is 25.1 Å². The lowest BCUT2D eigenvalue weighted by molar-refractivity contribution is 0.319. The predicted molar refractivity (Wildman–Crippen MR) is 142 cm³/mol. The number of hydrogen-bond acceptors (Lipinski definition) is 3. The topological polar surface area (TPSA) is 43.9 Å². The summed E-state index contributed by atoms with van der Waals surface area (Å²) in [5.74, 6) is 3.01. The Labute approximate surface area is 209 Å². The van der Waals surface area contributed by atoms with E-state index in [9.17, 15) is 0 Å². The second-order valence-electron chi connectivity index (χ2n) is 10.5. The number of ether oxygens (including phenoxy) is 1. The van der Waals surface area contributed by atoms with Crippen molar-refractivity contribution in [3.8, 4) is 5.75 Å². The summed E-state index contributed by atoms with van der Waals surface area (Å²) in [7, 11) is 0. The van der Waals surface area contributed by atoms with Gasteiger partial charge < -0.3 is 14.2 Å². The number of rotatable bonds is 5. The van der Waals surface area contributed by atoms with Gasteiger partial charge in [0.2, 0.25) is 0 Å². The van der Waals surface area contributed by atoms with Crippen LogP contribution in [0.1, 0.15) is 68.0 Å². The van der Waals surface area contributed by atoms with Gasteiger partial charge in [-0.25, -0.2) is 5.32 Å². The number of amidine groups is 1. The van der Waals surface area contributed by atoms with Crippen LogP contribution in [0.25, 0.3) is 10.9 Å². The van der Waals surface area contributed by atoms with Crippen molar-refractivity contribution >= 4 is 16.7 Å². The third-order valence-electron chi connectivity index (χ3n) is 8.05. The van der Waals surface area contributed by atoms with Gasteiger partial charge in [-0.15, -0.1) is 0 Å². The van der Waals surface area contributed by atoms with Crippen molar-refractivity contribution in [1.29, 1.82) is 0 Å². The molecule has 1 saturated heterocycles. The minimum atomic E-state index is 0.340. The van der Waals surface area contributed by atoms with E-state index in [1.54, 1.807) is 0 Å². The summed E-state index contributed by atoms with van der Waals surface area (Å²) >= 11 is 0. The third-order valence-corrected chi connectivity index (χ3v) is 8.05. The molecule has 0 bridgehead atoms. The number of benzene rings is 2. The van der Waals surface area contributed by atoms with Crippen molar-refractivity contribution in [3.05, 3.63) is 64.8 Å². The fourth-order valence-electron chi connectivity index (χ4n) is 6.16. The molecular formula is C30H37N4O. The van der Waals surface area contributed by atoms with Gasteiger partial charge in [0.25, 0.3) is 0 Å². The van der Waals surface area contributed by atoms with Crippen LogP contribution in [0.3, 0.4) is 0 Å². The number of nitrogens with zero attached hydrogens (tertiary/aromatic N) is 4. The van der Waals surface area contributed by atoms with Gasteiger partial charge in [-0.05, 0) is 67.5 Å². The Morgan fingerprint density at radius 1 is 1.06 bits per heavy atom. The Morgan fingerprint density at radius 3 is 2.71 bits per heavy atom. The summed E-state index contributed by atoms with van der Waals surface area (Å²) in [6.07, 6.45) is 5.79. The van der Waals surface area contributed by atoms with Crippen LogP contribution in [0, 0.1) is 5.92 Å². The van der Waals surface area contributed by atoms with E-state index in [2.05, 4.69) is 58.9 Å². The molecule has 0 saturated carbocycles. The molecule has 6 rings (SSSR count). The van der Waals surface area contributed by atoms with Crippen molar-refractivity contribution in [1.82, 2.24) is 14.8 Å². The highest BCUT2D eigenvalue weighted by Gasteiger charge is 2.28. The molecule has 0 aliphatic carbocycles. The van der Waals surface area contributed by atoms with Crippen molar-refractivity contribution in [2.45, 2.75) is 65.1 Å². The quantitative estimate of drug-likeness (QED) is 0.480. The van der Waals surface area contributed by atoms with Crippen LogP contribution in [-0.2, 0) is 19.5 Å². The number of aromatic nitrogens is 1. The Hall–Kier alpha value is -2.79. The van der Waals surface area contributed by atoms with Gasteiger partial charge in [0.05, 0.1) is 12.4 Å². The number of hydrogen-bond donors (Lipinski definition) is 0. The van der Waals surface area contributed by atoms with Crippen LogP contribution < -0.4 is 10.1 Å². The molecule has 0 spiro atoms. The van der Waals surface area contributed by atoms with Gasteiger partial charge in [-0.3, -0.25) is 4.99 Å². The summed E-state index contributed by atoms with van der Waals surface area (Å²) in [5, 5.41) is 6.41. The van der Waals surface area contributed by atoms with E-state index >= 15 is 0 Å². The minimum absolute atomic E-state index is 0.340. The van der Waals surface area contributed by atoms with Crippen LogP contribution in [0.2, 0.25) is 0 Å². The highest BCUT2D eigenvalue weighted by molar-refractivity contribution is 5.89. The molecule has 1 aromatic heterocycles. The largest absolute Gasteiger partial charge is 0.494 e. The second-order valence-corrected chi connectivity index (χ2v) is 10.5. The maximum atomic E-state index is 5.66. The summed E-state index contributed by atoms with van der Waals surface area (Å²) in [6.45, 7) is 10.0. The number of piperidine rings is 1. The smallest absolute Gasteiger partial charge is 0.119 e. The molecule has 0 amide bonds.